The van der Waals surface area contributed by atoms with Crippen molar-refractivity contribution in [2.75, 3.05) is 32.9 Å². The molecule has 1 saturated carbocycles. The van der Waals surface area contributed by atoms with Crippen molar-refractivity contribution >= 4 is 11.8 Å². The van der Waals surface area contributed by atoms with E-state index in [1.54, 1.807) is 0 Å². The van der Waals surface area contributed by atoms with Crippen molar-refractivity contribution in [3.63, 3.8) is 0 Å². The first-order valence-corrected chi connectivity index (χ1v) is 9.30. The van der Waals surface area contributed by atoms with E-state index in [2.05, 4.69) is 73.3 Å². The highest BCUT2D eigenvalue weighted by Gasteiger charge is 2.30. The Morgan fingerprint density at radius 1 is 1.19 bits per heavy atom. The van der Waals surface area contributed by atoms with Crippen molar-refractivity contribution < 1.29 is 0 Å². The number of thioether (sulfide) groups is 1. The third kappa shape index (κ3) is 5.32. The first-order valence-electron chi connectivity index (χ1n) is 8.25. The number of hydrogen-bond acceptors (Lipinski definition) is 3. The topological polar surface area (TPSA) is 15.3 Å². The molecule has 118 valence electrons. The highest BCUT2D eigenvalue weighted by Crippen LogP contribution is 2.38. The molecule has 0 bridgehead atoms. The summed E-state index contributed by atoms with van der Waals surface area (Å²) in [5, 5.41) is 4.46. The largest absolute Gasteiger partial charge is 0.313 e. The minimum absolute atomic E-state index is 0.696. The van der Waals surface area contributed by atoms with Crippen LogP contribution in [0.25, 0.3) is 0 Å². The molecule has 0 saturated heterocycles. The van der Waals surface area contributed by atoms with Crippen LogP contribution in [0.3, 0.4) is 0 Å². The second-order valence-electron chi connectivity index (χ2n) is 6.30. The standard InChI is InChI=1S/C18H30N2S/c1-4-19-17-11-10-16(15-8-6-5-7-9-15)14-18(17)21-13-12-20(2)3/h5-9,16-19H,4,10-14H2,1-3H3. The Morgan fingerprint density at radius 3 is 2.62 bits per heavy atom. The van der Waals surface area contributed by atoms with Crippen molar-refractivity contribution in [3.05, 3.63) is 35.9 Å². The quantitative estimate of drug-likeness (QED) is 0.828. The van der Waals surface area contributed by atoms with Crippen molar-refractivity contribution in [1.82, 2.24) is 10.2 Å². The van der Waals surface area contributed by atoms with Gasteiger partial charge in [0.2, 0.25) is 0 Å². The van der Waals surface area contributed by atoms with Crippen molar-refractivity contribution in [3.8, 4) is 0 Å². The monoisotopic (exact) mass is 306 g/mol. The van der Waals surface area contributed by atoms with E-state index in [1.807, 2.05) is 0 Å². The van der Waals surface area contributed by atoms with Crippen LogP contribution in [0.5, 0.6) is 0 Å². The van der Waals surface area contributed by atoms with E-state index in [0.29, 0.717) is 6.04 Å². The van der Waals surface area contributed by atoms with E-state index in [9.17, 15) is 0 Å². The van der Waals surface area contributed by atoms with Gasteiger partial charge in [-0.3, -0.25) is 0 Å². The number of hydrogen-bond donors (Lipinski definition) is 1. The summed E-state index contributed by atoms with van der Waals surface area (Å²) in [6.07, 6.45) is 3.96. The fourth-order valence-electron chi connectivity index (χ4n) is 3.22. The van der Waals surface area contributed by atoms with Gasteiger partial charge in [0.15, 0.2) is 0 Å². The summed E-state index contributed by atoms with van der Waals surface area (Å²) >= 11 is 2.17. The molecule has 1 aromatic carbocycles. The molecule has 0 aliphatic heterocycles. The smallest absolute Gasteiger partial charge is 0.0207 e. The summed E-state index contributed by atoms with van der Waals surface area (Å²) in [5.74, 6) is 1.99. The maximum atomic E-state index is 3.71. The van der Waals surface area contributed by atoms with E-state index < -0.39 is 0 Å². The molecule has 0 heterocycles. The number of nitrogens with one attached hydrogen (secondary N) is 1. The van der Waals surface area contributed by atoms with E-state index in [1.165, 1.54) is 37.1 Å². The second kappa shape index (κ2) is 8.82. The van der Waals surface area contributed by atoms with Gasteiger partial charge in [-0.15, -0.1) is 0 Å². The first kappa shape index (κ1) is 16.9. The van der Waals surface area contributed by atoms with Gasteiger partial charge in [0.25, 0.3) is 0 Å². The lowest BCUT2D eigenvalue weighted by molar-refractivity contribution is 0.357. The van der Waals surface area contributed by atoms with Crippen LogP contribution in [0.4, 0.5) is 0 Å². The summed E-state index contributed by atoms with van der Waals surface area (Å²) in [7, 11) is 4.33. The summed E-state index contributed by atoms with van der Waals surface area (Å²) in [4.78, 5) is 2.28. The number of nitrogens with zero attached hydrogens (tertiary/aromatic N) is 1. The van der Waals surface area contributed by atoms with Crippen LogP contribution in [0.1, 0.15) is 37.7 Å². The van der Waals surface area contributed by atoms with E-state index in [0.717, 1.165) is 17.7 Å². The molecule has 1 aliphatic carbocycles. The molecule has 0 spiro atoms. The van der Waals surface area contributed by atoms with Crippen LogP contribution in [-0.2, 0) is 0 Å². The molecule has 0 radical (unpaired) electrons. The van der Waals surface area contributed by atoms with Crippen LogP contribution in [-0.4, -0.2) is 49.1 Å². The molecule has 3 atom stereocenters. The first-order chi connectivity index (χ1) is 10.2. The molecule has 21 heavy (non-hydrogen) atoms. The van der Waals surface area contributed by atoms with Gasteiger partial charge in [-0.25, -0.2) is 0 Å². The predicted octanol–water partition coefficient (Wildman–Crippen LogP) is 3.60. The average Bonchev–Trinajstić information content (AvgIpc) is 2.49. The molecule has 1 aromatic rings. The second-order valence-corrected chi connectivity index (χ2v) is 7.64. The zero-order chi connectivity index (χ0) is 15.1. The Morgan fingerprint density at radius 2 is 1.95 bits per heavy atom. The Labute approximate surface area is 134 Å². The lowest BCUT2D eigenvalue weighted by Gasteiger charge is -2.36. The third-order valence-corrected chi connectivity index (χ3v) is 5.77. The van der Waals surface area contributed by atoms with E-state index >= 15 is 0 Å². The average molecular weight is 307 g/mol. The molecule has 1 N–H and O–H groups in total. The summed E-state index contributed by atoms with van der Waals surface area (Å²) in [6.45, 7) is 4.49. The van der Waals surface area contributed by atoms with Gasteiger partial charge >= 0.3 is 0 Å². The maximum Gasteiger partial charge on any atom is 0.0207 e. The molecular weight excluding hydrogens is 276 g/mol. The fraction of sp³-hybridized carbons (Fsp3) is 0.667. The third-order valence-electron chi connectivity index (χ3n) is 4.40. The molecule has 1 aliphatic rings. The maximum absolute atomic E-state index is 3.71. The van der Waals surface area contributed by atoms with Crippen LogP contribution in [0.2, 0.25) is 0 Å². The van der Waals surface area contributed by atoms with Crippen LogP contribution in [0.15, 0.2) is 30.3 Å². The van der Waals surface area contributed by atoms with Crippen LogP contribution in [0, 0.1) is 0 Å². The van der Waals surface area contributed by atoms with Crippen molar-refractivity contribution in [2.45, 2.75) is 43.4 Å². The van der Waals surface area contributed by atoms with E-state index in [4.69, 9.17) is 0 Å². The normalized spacial score (nSPS) is 26.2. The molecule has 0 amide bonds. The number of benzene rings is 1. The fourth-order valence-corrected chi connectivity index (χ4v) is 4.83. The minimum atomic E-state index is 0.696. The van der Waals surface area contributed by atoms with Gasteiger partial charge in [-0.2, -0.15) is 11.8 Å². The van der Waals surface area contributed by atoms with Gasteiger partial charge in [0.1, 0.15) is 0 Å². The molecular formula is C18H30N2S. The molecule has 2 rings (SSSR count). The SMILES string of the molecule is CCNC1CCC(c2ccccc2)CC1SCCN(C)C. The zero-order valence-electron chi connectivity index (χ0n) is 13.7. The lowest BCUT2D eigenvalue weighted by Crippen LogP contribution is -2.42. The zero-order valence-corrected chi connectivity index (χ0v) is 14.5. The Bertz CT molecular complexity index is 393. The lowest BCUT2D eigenvalue weighted by atomic mass is 9.81. The summed E-state index contributed by atoms with van der Waals surface area (Å²) < 4.78 is 0. The highest BCUT2D eigenvalue weighted by atomic mass is 32.2. The highest BCUT2D eigenvalue weighted by molar-refractivity contribution is 8.00. The van der Waals surface area contributed by atoms with Gasteiger partial charge < -0.3 is 10.2 Å². The molecule has 3 unspecified atom stereocenters. The molecule has 2 nitrogen and oxygen atoms in total. The van der Waals surface area contributed by atoms with Crippen LogP contribution < -0.4 is 5.32 Å². The summed E-state index contributed by atoms with van der Waals surface area (Å²) in [6, 6.07) is 11.8. The van der Waals surface area contributed by atoms with Gasteiger partial charge in [0, 0.05) is 23.6 Å². The molecule has 1 fully saturated rings. The van der Waals surface area contributed by atoms with Gasteiger partial charge in [-0.05, 0) is 51.4 Å². The minimum Gasteiger partial charge on any atom is -0.313 e. The molecule has 3 heteroatoms. The Balaban J connectivity index is 1.94. The van der Waals surface area contributed by atoms with Gasteiger partial charge in [0.05, 0.1) is 0 Å². The Kier molecular flexibility index (Phi) is 7.08. The van der Waals surface area contributed by atoms with Crippen LogP contribution >= 0.6 is 11.8 Å². The van der Waals surface area contributed by atoms with Crippen molar-refractivity contribution in [2.24, 2.45) is 0 Å². The van der Waals surface area contributed by atoms with Gasteiger partial charge in [-0.1, -0.05) is 37.3 Å². The summed E-state index contributed by atoms with van der Waals surface area (Å²) in [5.41, 5.74) is 1.53. The van der Waals surface area contributed by atoms with E-state index in [-0.39, 0.29) is 0 Å². The predicted molar refractivity (Wildman–Crippen MR) is 95.3 cm³/mol. The van der Waals surface area contributed by atoms with Crippen molar-refractivity contribution in [1.29, 1.82) is 0 Å². The Hall–Kier alpha value is -0.510. The molecule has 0 aromatic heterocycles. The number of rotatable bonds is 7.